The summed E-state index contributed by atoms with van der Waals surface area (Å²) in [4.78, 5) is 15.8. The van der Waals surface area contributed by atoms with Gasteiger partial charge >= 0.3 is 0 Å². The van der Waals surface area contributed by atoms with Crippen molar-refractivity contribution in [3.05, 3.63) is 18.2 Å². The lowest BCUT2D eigenvalue weighted by Gasteiger charge is -2.56. The molecule has 4 fully saturated rings. The smallest absolute Gasteiger partial charge is 0.237 e. The fourth-order valence-corrected chi connectivity index (χ4v) is 5.45. The molecule has 0 radical (unpaired) electrons. The SMILES string of the molecule is NC(=O)Cn1ccnc1C12CC3CC(CC(C3)C1)C2. The molecule has 1 amide bonds. The number of carbonyl (C=O) groups excluding carboxylic acids is 1. The Morgan fingerprint density at radius 3 is 2.37 bits per heavy atom. The summed E-state index contributed by atoms with van der Waals surface area (Å²) >= 11 is 0. The van der Waals surface area contributed by atoms with Gasteiger partial charge in [-0.3, -0.25) is 4.79 Å². The van der Waals surface area contributed by atoms with Gasteiger partial charge < -0.3 is 10.3 Å². The van der Waals surface area contributed by atoms with Crippen molar-refractivity contribution in [3.63, 3.8) is 0 Å². The standard InChI is InChI=1S/C15H21N3O/c16-13(19)9-18-2-1-17-14(18)15-6-10-3-11(7-15)5-12(4-10)8-15/h1-2,10-12H,3-9H2,(H2,16,19). The van der Waals surface area contributed by atoms with Crippen LogP contribution in [0.4, 0.5) is 0 Å². The number of hydrogen-bond acceptors (Lipinski definition) is 2. The first kappa shape index (κ1) is 11.5. The number of rotatable bonds is 3. The van der Waals surface area contributed by atoms with E-state index < -0.39 is 0 Å². The number of hydrogen-bond donors (Lipinski definition) is 1. The van der Waals surface area contributed by atoms with Gasteiger partial charge in [0, 0.05) is 17.8 Å². The average Bonchev–Trinajstić information content (AvgIpc) is 2.74. The van der Waals surface area contributed by atoms with Crippen LogP contribution in [0.5, 0.6) is 0 Å². The molecule has 0 aliphatic heterocycles. The molecule has 4 aliphatic carbocycles. The second kappa shape index (κ2) is 3.84. The molecular weight excluding hydrogens is 238 g/mol. The van der Waals surface area contributed by atoms with Crippen LogP contribution in [0.25, 0.3) is 0 Å². The highest BCUT2D eigenvalue weighted by Gasteiger charge is 2.53. The molecule has 0 spiro atoms. The van der Waals surface area contributed by atoms with Gasteiger partial charge in [0.1, 0.15) is 12.4 Å². The van der Waals surface area contributed by atoms with E-state index in [1.165, 1.54) is 38.5 Å². The Bertz CT molecular complexity index is 484. The Balaban J connectivity index is 1.72. The number of amides is 1. The summed E-state index contributed by atoms with van der Waals surface area (Å²) in [6.45, 7) is 0.275. The molecule has 1 aromatic heterocycles. The van der Waals surface area contributed by atoms with Gasteiger partial charge in [-0.1, -0.05) is 0 Å². The van der Waals surface area contributed by atoms with Crippen LogP contribution in [-0.4, -0.2) is 15.5 Å². The molecular formula is C15H21N3O. The highest BCUT2D eigenvalue weighted by Crippen LogP contribution is 2.60. The summed E-state index contributed by atoms with van der Waals surface area (Å²) in [7, 11) is 0. The lowest BCUT2D eigenvalue weighted by Crippen LogP contribution is -2.50. The summed E-state index contributed by atoms with van der Waals surface area (Å²) in [5.74, 6) is 3.54. The second-order valence-electron chi connectivity index (χ2n) is 7.04. The molecule has 4 nitrogen and oxygen atoms in total. The summed E-state index contributed by atoms with van der Waals surface area (Å²) in [5.41, 5.74) is 5.60. The number of aromatic nitrogens is 2. The van der Waals surface area contributed by atoms with Crippen LogP contribution in [0.1, 0.15) is 44.3 Å². The van der Waals surface area contributed by atoms with Crippen molar-refractivity contribution in [2.75, 3.05) is 0 Å². The lowest BCUT2D eigenvalue weighted by atomic mass is 9.49. The molecule has 0 aromatic carbocycles. The molecule has 4 aliphatic rings. The molecule has 19 heavy (non-hydrogen) atoms. The van der Waals surface area contributed by atoms with Crippen LogP contribution < -0.4 is 5.73 Å². The van der Waals surface area contributed by atoms with Gasteiger partial charge in [0.05, 0.1) is 0 Å². The lowest BCUT2D eigenvalue weighted by molar-refractivity contribution is -0.118. The van der Waals surface area contributed by atoms with E-state index in [4.69, 9.17) is 5.73 Å². The third-order valence-corrected chi connectivity index (χ3v) is 5.55. The minimum absolute atomic E-state index is 0.244. The summed E-state index contributed by atoms with van der Waals surface area (Å²) in [5, 5.41) is 0. The van der Waals surface area contributed by atoms with Crippen LogP contribution in [0.3, 0.4) is 0 Å². The van der Waals surface area contributed by atoms with Crippen molar-refractivity contribution in [2.45, 2.75) is 50.5 Å². The van der Waals surface area contributed by atoms with Crippen LogP contribution in [0, 0.1) is 17.8 Å². The number of imidazole rings is 1. The largest absolute Gasteiger partial charge is 0.368 e. The predicted octanol–water partition coefficient (Wildman–Crippen LogP) is 1.84. The quantitative estimate of drug-likeness (QED) is 0.900. The second-order valence-corrected chi connectivity index (χ2v) is 7.04. The number of nitrogens with zero attached hydrogens (tertiary/aromatic N) is 2. The monoisotopic (exact) mass is 259 g/mol. The zero-order valence-corrected chi connectivity index (χ0v) is 11.2. The normalized spacial score (nSPS) is 39.7. The molecule has 1 aromatic rings. The van der Waals surface area contributed by atoms with E-state index in [1.54, 1.807) is 0 Å². The van der Waals surface area contributed by atoms with Crippen molar-refractivity contribution in [3.8, 4) is 0 Å². The van der Waals surface area contributed by atoms with E-state index >= 15 is 0 Å². The van der Waals surface area contributed by atoms with E-state index in [0.29, 0.717) is 0 Å². The van der Waals surface area contributed by atoms with Crippen molar-refractivity contribution < 1.29 is 4.79 Å². The Labute approximate surface area is 113 Å². The Morgan fingerprint density at radius 2 is 1.84 bits per heavy atom. The number of carbonyl (C=O) groups is 1. The Hall–Kier alpha value is -1.32. The highest BCUT2D eigenvalue weighted by molar-refractivity contribution is 5.73. The predicted molar refractivity (Wildman–Crippen MR) is 71.3 cm³/mol. The summed E-state index contributed by atoms with van der Waals surface area (Å²) < 4.78 is 2.00. The molecule has 0 unspecified atom stereocenters. The third-order valence-electron chi connectivity index (χ3n) is 5.55. The van der Waals surface area contributed by atoms with Crippen LogP contribution in [0.2, 0.25) is 0 Å². The van der Waals surface area contributed by atoms with Gasteiger partial charge in [0.25, 0.3) is 0 Å². The molecule has 1 heterocycles. The minimum Gasteiger partial charge on any atom is -0.368 e. The first-order chi connectivity index (χ1) is 9.14. The maximum Gasteiger partial charge on any atom is 0.237 e. The molecule has 4 saturated carbocycles. The van der Waals surface area contributed by atoms with Crippen molar-refractivity contribution >= 4 is 5.91 Å². The molecule has 5 rings (SSSR count). The molecule has 0 atom stereocenters. The van der Waals surface area contributed by atoms with E-state index in [1.807, 2.05) is 17.0 Å². The van der Waals surface area contributed by atoms with Crippen LogP contribution >= 0.6 is 0 Å². The fraction of sp³-hybridized carbons (Fsp3) is 0.733. The van der Waals surface area contributed by atoms with Gasteiger partial charge in [-0.05, 0) is 56.3 Å². The van der Waals surface area contributed by atoms with Gasteiger partial charge in [-0.15, -0.1) is 0 Å². The molecule has 4 heteroatoms. The molecule has 2 N–H and O–H groups in total. The average molecular weight is 259 g/mol. The van der Waals surface area contributed by atoms with E-state index in [0.717, 1.165) is 23.6 Å². The van der Waals surface area contributed by atoms with Crippen LogP contribution in [-0.2, 0) is 16.8 Å². The zero-order valence-electron chi connectivity index (χ0n) is 11.2. The Morgan fingerprint density at radius 1 is 1.26 bits per heavy atom. The molecule has 102 valence electrons. The summed E-state index contributed by atoms with van der Waals surface area (Å²) in [6, 6.07) is 0. The first-order valence-corrected chi connectivity index (χ1v) is 7.44. The van der Waals surface area contributed by atoms with Gasteiger partial charge in [-0.25, -0.2) is 4.98 Å². The minimum atomic E-state index is -0.274. The van der Waals surface area contributed by atoms with Crippen LogP contribution in [0.15, 0.2) is 12.4 Å². The molecule has 0 saturated heterocycles. The van der Waals surface area contributed by atoms with Gasteiger partial charge in [0.2, 0.25) is 5.91 Å². The maximum atomic E-state index is 11.2. The van der Waals surface area contributed by atoms with Crippen molar-refractivity contribution in [2.24, 2.45) is 23.5 Å². The highest BCUT2D eigenvalue weighted by atomic mass is 16.1. The molecule has 4 bridgehead atoms. The fourth-order valence-electron chi connectivity index (χ4n) is 5.45. The third kappa shape index (κ3) is 1.72. The first-order valence-electron chi connectivity index (χ1n) is 7.44. The topological polar surface area (TPSA) is 60.9 Å². The van der Waals surface area contributed by atoms with Gasteiger partial charge in [0.15, 0.2) is 0 Å². The van der Waals surface area contributed by atoms with Crippen molar-refractivity contribution in [1.29, 1.82) is 0 Å². The van der Waals surface area contributed by atoms with E-state index in [2.05, 4.69) is 4.98 Å². The van der Waals surface area contributed by atoms with Gasteiger partial charge in [-0.2, -0.15) is 0 Å². The Kier molecular flexibility index (Phi) is 2.32. The zero-order chi connectivity index (χ0) is 13.0. The number of primary amides is 1. The number of nitrogens with two attached hydrogens (primary N) is 1. The summed E-state index contributed by atoms with van der Waals surface area (Å²) in [6.07, 6.45) is 11.8. The maximum absolute atomic E-state index is 11.2. The van der Waals surface area contributed by atoms with Crippen molar-refractivity contribution in [1.82, 2.24) is 9.55 Å². The van der Waals surface area contributed by atoms with E-state index in [-0.39, 0.29) is 17.9 Å². The van der Waals surface area contributed by atoms with E-state index in [9.17, 15) is 4.79 Å².